The van der Waals surface area contributed by atoms with Gasteiger partial charge in [0.15, 0.2) is 5.82 Å². The van der Waals surface area contributed by atoms with Gasteiger partial charge >= 0.3 is 0 Å². The Morgan fingerprint density at radius 1 is 1.21 bits per heavy atom. The van der Waals surface area contributed by atoms with Gasteiger partial charge in [-0.3, -0.25) is 14.5 Å². The fourth-order valence-electron chi connectivity index (χ4n) is 2.66. The molecule has 0 bridgehead atoms. The topological polar surface area (TPSA) is 88.2 Å². The zero-order chi connectivity index (χ0) is 20.3. The van der Waals surface area contributed by atoms with Gasteiger partial charge in [-0.25, -0.2) is 12.8 Å². The summed E-state index contributed by atoms with van der Waals surface area (Å²) in [6.07, 6.45) is 1.81. The van der Waals surface area contributed by atoms with E-state index < -0.39 is 27.3 Å². The van der Waals surface area contributed by atoms with Crippen molar-refractivity contribution in [3.05, 3.63) is 65.1 Å². The van der Waals surface area contributed by atoms with Crippen LogP contribution in [0, 0.1) is 5.82 Å². The van der Waals surface area contributed by atoms with Gasteiger partial charge in [-0.05, 0) is 30.7 Å². The van der Waals surface area contributed by atoms with Gasteiger partial charge in [0.25, 0.3) is 5.91 Å². The van der Waals surface area contributed by atoms with Crippen molar-refractivity contribution in [1.82, 2.24) is 4.98 Å². The number of carbonyl (C=O) groups is 1. The number of halogens is 2. The maximum atomic E-state index is 14.8. The van der Waals surface area contributed by atoms with Crippen molar-refractivity contribution in [3.63, 3.8) is 0 Å². The highest BCUT2D eigenvalue weighted by atomic mass is 35.5. The summed E-state index contributed by atoms with van der Waals surface area (Å²) in [5.74, 6) is -2.02. The van der Waals surface area contributed by atoms with Gasteiger partial charge in [0, 0.05) is 5.39 Å². The summed E-state index contributed by atoms with van der Waals surface area (Å²) in [7, 11) is -3.72. The summed E-state index contributed by atoms with van der Waals surface area (Å²) >= 11 is 6.00. The van der Waals surface area contributed by atoms with E-state index in [1.807, 2.05) is 24.3 Å². The summed E-state index contributed by atoms with van der Waals surface area (Å²) in [4.78, 5) is 16.8. The van der Waals surface area contributed by atoms with Crippen LogP contribution in [0.25, 0.3) is 10.9 Å². The lowest BCUT2D eigenvalue weighted by Gasteiger charge is -2.13. The van der Waals surface area contributed by atoms with E-state index >= 15 is 0 Å². The maximum absolute atomic E-state index is 14.8. The first-order chi connectivity index (χ1) is 13.3. The number of amides is 1. The lowest BCUT2D eigenvalue weighted by molar-refractivity contribution is 0.102. The molecule has 9 heteroatoms. The molecule has 2 aromatic carbocycles. The molecule has 28 heavy (non-hydrogen) atoms. The largest absolute Gasteiger partial charge is 0.320 e. The lowest BCUT2D eigenvalue weighted by Crippen LogP contribution is -2.20. The lowest BCUT2D eigenvalue weighted by atomic mass is 10.1. The Labute approximate surface area is 166 Å². The van der Waals surface area contributed by atoms with Crippen molar-refractivity contribution in [2.24, 2.45) is 0 Å². The predicted octanol–water partition coefficient (Wildman–Crippen LogP) is 4.43. The number of nitrogens with one attached hydrogen (secondary N) is 2. The molecule has 1 aromatic heterocycles. The number of hydrogen-bond donors (Lipinski definition) is 2. The van der Waals surface area contributed by atoms with Crippen LogP contribution in [-0.2, 0) is 10.0 Å². The molecule has 1 amide bonds. The van der Waals surface area contributed by atoms with Crippen LogP contribution in [0.1, 0.15) is 23.7 Å². The van der Waals surface area contributed by atoms with Crippen molar-refractivity contribution in [2.45, 2.75) is 13.3 Å². The molecule has 1 heterocycles. The summed E-state index contributed by atoms with van der Waals surface area (Å²) in [6.45, 7) is 1.69. The Bertz CT molecular complexity index is 1150. The number of nitrogens with zero attached hydrogens (tertiary/aromatic N) is 1. The smallest absolute Gasteiger partial charge is 0.260 e. The zero-order valence-electron chi connectivity index (χ0n) is 14.9. The third kappa shape index (κ3) is 4.40. The molecular weight excluding hydrogens is 405 g/mol. The molecule has 0 radical (unpaired) electrons. The Kier molecular flexibility index (Phi) is 5.81. The number of benzene rings is 2. The molecule has 6 nitrogen and oxygen atoms in total. The van der Waals surface area contributed by atoms with Gasteiger partial charge in [0.1, 0.15) is 0 Å². The molecule has 0 spiro atoms. The monoisotopic (exact) mass is 421 g/mol. The zero-order valence-corrected chi connectivity index (χ0v) is 16.4. The second-order valence-corrected chi connectivity index (χ2v) is 8.32. The molecule has 0 aliphatic carbocycles. The van der Waals surface area contributed by atoms with E-state index in [1.54, 1.807) is 13.0 Å². The molecule has 0 fully saturated rings. The second kappa shape index (κ2) is 8.12. The molecule has 3 rings (SSSR count). The van der Waals surface area contributed by atoms with Crippen LogP contribution in [0.4, 0.5) is 15.8 Å². The fraction of sp³-hybridized carbons (Fsp3) is 0.158. The number of pyridine rings is 1. The van der Waals surface area contributed by atoms with E-state index in [2.05, 4.69) is 15.0 Å². The highest BCUT2D eigenvalue weighted by Crippen LogP contribution is 2.28. The van der Waals surface area contributed by atoms with Gasteiger partial charge in [-0.2, -0.15) is 0 Å². The first kappa shape index (κ1) is 20.0. The fourth-order valence-corrected chi connectivity index (χ4v) is 4.02. The second-order valence-electron chi connectivity index (χ2n) is 6.08. The molecule has 0 saturated heterocycles. The first-order valence-electron chi connectivity index (χ1n) is 8.45. The standard InChI is InChI=1S/C19H17ClFN3O3S/c1-2-9-28(26,27)24-16-8-7-14(20)17(18(16)21)19(25)23-13-10-12-5-3-4-6-15(12)22-11-13/h3-8,10-11,24H,2,9H2,1H3,(H,23,25). The molecule has 0 atom stereocenters. The highest BCUT2D eigenvalue weighted by molar-refractivity contribution is 7.92. The molecular formula is C19H17ClFN3O3S. The summed E-state index contributed by atoms with van der Waals surface area (Å²) < 4.78 is 40.8. The predicted molar refractivity (Wildman–Crippen MR) is 109 cm³/mol. The summed E-state index contributed by atoms with van der Waals surface area (Å²) in [6, 6.07) is 11.5. The number of carbonyl (C=O) groups excluding carboxylic acids is 1. The minimum absolute atomic E-state index is 0.137. The Morgan fingerprint density at radius 2 is 1.96 bits per heavy atom. The molecule has 0 aliphatic heterocycles. The molecule has 0 saturated carbocycles. The van der Waals surface area contributed by atoms with Gasteiger partial charge in [0.05, 0.1) is 39.4 Å². The van der Waals surface area contributed by atoms with Crippen LogP contribution in [0.3, 0.4) is 0 Å². The van der Waals surface area contributed by atoms with Crippen molar-refractivity contribution >= 4 is 49.8 Å². The van der Waals surface area contributed by atoms with E-state index in [0.29, 0.717) is 12.1 Å². The number of aromatic nitrogens is 1. The number of rotatable bonds is 6. The summed E-state index contributed by atoms with van der Waals surface area (Å²) in [5.41, 5.74) is 0.319. The van der Waals surface area contributed by atoms with E-state index in [9.17, 15) is 17.6 Å². The highest BCUT2D eigenvalue weighted by Gasteiger charge is 2.22. The average molecular weight is 422 g/mol. The first-order valence-corrected chi connectivity index (χ1v) is 10.5. The number of para-hydroxylation sites is 1. The van der Waals surface area contributed by atoms with E-state index in [4.69, 9.17) is 11.6 Å². The minimum atomic E-state index is -3.72. The normalized spacial score (nSPS) is 11.4. The molecule has 3 aromatic rings. The van der Waals surface area contributed by atoms with Crippen LogP contribution in [-0.4, -0.2) is 25.1 Å². The third-order valence-corrected chi connectivity index (χ3v) is 5.70. The van der Waals surface area contributed by atoms with Crippen molar-refractivity contribution in [2.75, 3.05) is 15.8 Å². The average Bonchev–Trinajstić information content (AvgIpc) is 2.64. The van der Waals surface area contributed by atoms with E-state index in [0.717, 1.165) is 10.9 Å². The van der Waals surface area contributed by atoms with Gasteiger partial charge < -0.3 is 5.32 Å². The number of sulfonamides is 1. The van der Waals surface area contributed by atoms with Crippen LogP contribution >= 0.6 is 11.6 Å². The molecule has 0 aliphatic rings. The molecule has 2 N–H and O–H groups in total. The molecule has 146 valence electrons. The number of hydrogen-bond acceptors (Lipinski definition) is 4. The molecule has 0 unspecified atom stereocenters. The number of fused-ring (bicyclic) bond motifs is 1. The van der Waals surface area contributed by atoms with Crippen molar-refractivity contribution in [1.29, 1.82) is 0 Å². The third-order valence-electron chi connectivity index (χ3n) is 3.90. The quantitative estimate of drug-likeness (QED) is 0.616. The van der Waals surface area contributed by atoms with Crippen LogP contribution in [0.2, 0.25) is 5.02 Å². The maximum Gasteiger partial charge on any atom is 0.260 e. The Balaban J connectivity index is 1.91. The Morgan fingerprint density at radius 3 is 2.71 bits per heavy atom. The van der Waals surface area contributed by atoms with Crippen molar-refractivity contribution in [3.8, 4) is 0 Å². The number of anilines is 2. The van der Waals surface area contributed by atoms with Crippen LogP contribution < -0.4 is 10.0 Å². The van der Waals surface area contributed by atoms with Crippen LogP contribution in [0.15, 0.2) is 48.7 Å². The van der Waals surface area contributed by atoms with Gasteiger partial charge in [0.2, 0.25) is 10.0 Å². The van der Waals surface area contributed by atoms with Crippen LogP contribution in [0.5, 0.6) is 0 Å². The SMILES string of the molecule is CCCS(=O)(=O)Nc1ccc(Cl)c(C(=O)Nc2cnc3ccccc3c2)c1F. The van der Waals surface area contributed by atoms with E-state index in [1.165, 1.54) is 18.3 Å². The van der Waals surface area contributed by atoms with Crippen molar-refractivity contribution < 1.29 is 17.6 Å². The Hall–Kier alpha value is -2.71. The minimum Gasteiger partial charge on any atom is -0.320 e. The van der Waals surface area contributed by atoms with Gasteiger partial charge in [-0.1, -0.05) is 36.7 Å². The summed E-state index contributed by atoms with van der Waals surface area (Å²) in [5, 5.41) is 3.21. The van der Waals surface area contributed by atoms with E-state index in [-0.39, 0.29) is 16.5 Å². The van der Waals surface area contributed by atoms with Gasteiger partial charge in [-0.15, -0.1) is 0 Å².